The van der Waals surface area contributed by atoms with Crippen LogP contribution in [0, 0.1) is 5.82 Å². The standard InChI is InChI=1S/C18H14BrFN2O2S/c19-14-3-1-11(2-4-14)16-7-21-18(22-16)25-9-13-6-15(20)5-12-8-23-10-24-17(12)13/h1-7H,8-10H2,(H,21,22). The molecule has 1 aliphatic heterocycles. The molecule has 0 aliphatic carbocycles. The molecule has 0 atom stereocenters. The van der Waals surface area contributed by atoms with Gasteiger partial charge in [-0.25, -0.2) is 9.37 Å². The lowest BCUT2D eigenvalue weighted by Crippen LogP contribution is -2.13. The Balaban J connectivity index is 1.51. The molecule has 0 saturated heterocycles. The van der Waals surface area contributed by atoms with Crippen LogP contribution < -0.4 is 4.74 Å². The number of hydrogen-bond acceptors (Lipinski definition) is 4. The number of rotatable bonds is 4. The lowest BCUT2D eigenvalue weighted by atomic mass is 10.1. The van der Waals surface area contributed by atoms with Gasteiger partial charge in [-0.05, 0) is 29.8 Å². The Morgan fingerprint density at radius 1 is 1.24 bits per heavy atom. The van der Waals surface area contributed by atoms with Crippen molar-refractivity contribution in [2.24, 2.45) is 0 Å². The number of aromatic nitrogens is 2. The minimum Gasteiger partial charge on any atom is -0.467 e. The number of hydrogen-bond donors (Lipinski definition) is 1. The second kappa shape index (κ2) is 7.19. The van der Waals surface area contributed by atoms with Crippen molar-refractivity contribution >= 4 is 27.7 Å². The summed E-state index contributed by atoms with van der Waals surface area (Å²) in [5.74, 6) is 1.01. The highest BCUT2D eigenvalue weighted by molar-refractivity contribution is 9.10. The number of aromatic amines is 1. The van der Waals surface area contributed by atoms with E-state index in [1.54, 1.807) is 6.20 Å². The van der Waals surface area contributed by atoms with Gasteiger partial charge in [-0.2, -0.15) is 0 Å². The van der Waals surface area contributed by atoms with Gasteiger partial charge in [0.25, 0.3) is 0 Å². The fraction of sp³-hybridized carbons (Fsp3) is 0.167. The lowest BCUT2D eigenvalue weighted by molar-refractivity contribution is -0.0171. The van der Waals surface area contributed by atoms with E-state index in [1.165, 1.54) is 23.9 Å². The van der Waals surface area contributed by atoms with Gasteiger partial charge in [-0.3, -0.25) is 0 Å². The number of halogens is 2. The normalized spacial score (nSPS) is 13.4. The fourth-order valence-electron chi connectivity index (χ4n) is 2.66. The number of fused-ring (bicyclic) bond motifs is 1. The molecule has 25 heavy (non-hydrogen) atoms. The SMILES string of the molecule is Fc1cc2c(c(CSc3ncc(-c4ccc(Br)cc4)[nH]3)c1)OCOC2. The van der Waals surface area contributed by atoms with E-state index >= 15 is 0 Å². The minimum atomic E-state index is -0.279. The minimum absolute atomic E-state index is 0.199. The largest absolute Gasteiger partial charge is 0.467 e. The predicted octanol–water partition coefficient (Wildman–Crippen LogP) is 5.14. The monoisotopic (exact) mass is 420 g/mol. The molecule has 4 rings (SSSR count). The number of ether oxygens (including phenoxy) is 2. The zero-order chi connectivity index (χ0) is 17.2. The van der Waals surface area contributed by atoms with Crippen LogP contribution >= 0.6 is 27.7 Å². The van der Waals surface area contributed by atoms with Crippen molar-refractivity contribution in [2.45, 2.75) is 17.5 Å². The van der Waals surface area contributed by atoms with E-state index in [2.05, 4.69) is 25.9 Å². The van der Waals surface area contributed by atoms with Crippen LogP contribution in [0.3, 0.4) is 0 Å². The van der Waals surface area contributed by atoms with Crippen LogP contribution in [-0.4, -0.2) is 16.8 Å². The molecule has 0 saturated carbocycles. The van der Waals surface area contributed by atoms with Gasteiger partial charge in [0.2, 0.25) is 0 Å². The second-order valence-corrected chi connectivity index (χ2v) is 7.44. The third-order valence-corrected chi connectivity index (χ3v) is 5.29. The third kappa shape index (κ3) is 3.73. The van der Waals surface area contributed by atoms with Crippen LogP contribution in [0.2, 0.25) is 0 Å². The highest BCUT2D eigenvalue weighted by atomic mass is 79.9. The number of benzene rings is 2. The van der Waals surface area contributed by atoms with Crippen molar-refractivity contribution in [3.05, 3.63) is 64.0 Å². The number of imidazole rings is 1. The van der Waals surface area contributed by atoms with E-state index in [1.807, 2.05) is 24.3 Å². The molecule has 0 bridgehead atoms. The molecule has 0 radical (unpaired) electrons. The smallest absolute Gasteiger partial charge is 0.189 e. The number of nitrogens with zero attached hydrogens (tertiary/aromatic N) is 1. The van der Waals surface area contributed by atoms with Crippen molar-refractivity contribution in [1.29, 1.82) is 0 Å². The average Bonchev–Trinajstić information content (AvgIpc) is 3.09. The van der Waals surface area contributed by atoms with Crippen molar-refractivity contribution in [3.8, 4) is 17.0 Å². The van der Waals surface area contributed by atoms with E-state index < -0.39 is 0 Å². The van der Waals surface area contributed by atoms with E-state index in [9.17, 15) is 4.39 Å². The Morgan fingerprint density at radius 3 is 2.92 bits per heavy atom. The molecule has 0 spiro atoms. The Hall–Kier alpha value is -1.83. The molecule has 1 aliphatic rings. The fourth-order valence-corrected chi connectivity index (χ4v) is 3.74. The van der Waals surface area contributed by atoms with Crippen molar-refractivity contribution < 1.29 is 13.9 Å². The second-order valence-electron chi connectivity index (χ2n) is 5.56. The molecule has 3 aromatic rings. The summed E-state index contributed by atoms with van der Waals surface area (Å²) in [6.07, 6.45) is 1.80. The Morgan fingerprint density at radius 2 is 2.08 bits per heavy atom. The maximum absolute atomic E-state index is 13.8. The molecule has 1 aromatic heterocycles. The van der Waals surface area contributed by atoms with Gasteiger partial charge < -0.3 is 14.5 Å². The van der Waals surface area contributed by atoms with Gasteiger partial charge in [0, 0.05) is 21.4 Å². The average molecular weight is 421 g/mol. The lowest BCUT2D eigenvalue weighted by Gasteiger charge is -2.20. The molecule has 4 nitrogen and oxygen atoms in total. The highest BCUT2D eigenvalue weighted by Gasteiger charge is 2.17. The number of thioether (sulfide) groups is 1. The van der Waals surface area contributed by atoms with Gasteiger partial charge in [0.05, 0.1) is 18.5 Å². The van der Waals surface area contributed by atoms with Crippen molar-refractivity contribution in [3.63, 3.8) is 0 Å². The summed E-state index contributed by atoms with van der Waals surface area (Å²) in [6.45, 7) is 0.573. The summed E-state index contributed by atoms with van der Waals surface area (Å²) in [4.78, 5) is 7.69. The van der Waals surface area contributed by atoms with E-state index in [0.717, 1.165) is 37.8 Å². The van der Waals surface area contributed by atoms with Crippen LogP contribution in [0.15, 0.2) is 52.2 Å². The molecular weight excluding hydrogens is 407 g/mol. The van der Waals surface area contributed by atoms with Crippen LogP contribution in [0.1, 0.15) is 11.1 Å². The molecule has 2 aromatic carbocycles. The first kappa shape index (κ1) is 16.6. The molecule has 0 amide bonds. The Kier molecular flexibility index (Phi) is 4.78. The van der Waals surface area contributed by atoms with Crippen LogP contribution in [-0.2, 0) is 17.1 Å². The highest BCUT2D eigenvalue weighted by Crippen LogP contribution is 2.33. The van der Waals surface area contributed by atoms with E-state index in [4.69, 9.17) is 9.47 Å². The quantitative estimate of drug-likeness (QED) is 0.593. The maximum Gasteiger partial charge on any atom is 0.189 e. The van der Waals surface area contributed by atoms with Gasteiger partial charge in [-0.15, -0.1) is 0 Å². The topological polar surface area (TPSA) is 47.1 Å². The Bertz CT molecular complexity index is 899. The molecule has 0 fully saturated rings. The summed E-state index contributed by atoms with van der Waals surface area (Å²) < 4.78 is 25.6. The zero-order valence-corrected chi connectivity index (χ0v) is 15.5. The first-order valence-electron chi connectivity index (χ1n) is 7.64. The summed E-state index contributed by atoms with van der Waals surface area (Å²) >= 11 is 4.94. The summed E-state index contributed by atoms with van der Waals surface area (Å²) in [5, 5.41) is 0.781. The molecule has 2 heterocycles. The van der Waals surface area contributed by atoms with Gasteiger partial charge in [0.1, 0.15) is 11.6 Å². The number of nitrogens with one attached hydrogen (secondary N) is 1. The van der Waals surface area contributed by atoms with E-state index in [0.29, 0.717) is 12.4 Å². The van der Waals surface area contributed by atoms with Crippen molar-refractivity contribution in [2.75, 3.05) is 6.79 Å². The van der Waals surface area contributed by atoms with Crippen LogP contribution in [0.25, 0.3) is 11.3 Å². The third-order valence-electron chi connectivity index (χ3n) is 3.82. The summed E-state index contributed by atoms with van der Waals surface area (Å²) in [5.41, 5.74) is 3.56. The molecule has 7 heteroatoms. The van der Waals surface area contributed by atoms with Crippen LogP contribution in [0.5, 0.6) is 5.75 Å². The maximum atomic E-state index is 13.8. The first-order chi connectivity index (χ1) is 12.2. The predicted molar refractivity (Wildman–Crippen MR) is 98.0 cm³/mol. The van der Waals surface area contributed by atoms with Crippen molar-refractivity contribution in [1.82, 2.24) is 9.97 Å². The first-order valence-corrected chi connectivity index (χ1v) is 9.42. The summed E-state index contributed by atoms with van der Waals surface area (Å²) in [6, 6.07) is 11.0. The van der Waals surface area contributed by atoms with Gasteiger partial charge in [0.15, 0.2) is 11.9 Å². The Labute approximate surface area is 156 Å². The zero-order valence-electron chi connectivity index (χ0n) is 13.1. The van der Waals surface area contributed by atoms with E-state index in [-0.39, 0.29) is 12.6 Å². The number of H-pyrrole nitrogens is 1. The van der Waals surface area contributed by atoms with Crippen LogP contribution in [0.4, 0.5) is 4.39 Å². The summed E-state index contributed by atoms with van der Waals surface area (Å²) in [7, 11) is 0. The molecular formula is C18H14BrFN2O2S. The molecule has 128 valence electrons. The molecule has 0 unspecified atom stereocenters. The molecule has 1 N–H and O–H groups in total. The van der Waals surface area contributed by atoms with Gasteiger partial charge >= 0.3 is 0 Å². The van der Waals surface area contributed by atoms with Gasteiger partial charge in [-0.1, -0.05) is 39.8 Å².